The van der Waals surface area contributed by atoms with Gasteiger partial charge in [0, 0.05) is 20.0 Å². The number of piperazine rings is 1. The second kappa shape index (κ2) is 3.03. The summed E-state index contributed by atoms with van der Waals surface area (Å²) in [5.74, 6) is 0.156. The standard InChI is InChI=1S/C8H13N2O2/c1-6(11)10-7-2-9-3-8(10)5-12-4-7/h7-8H,2-5H2,1H3. The summed E-state index contributed by atoms with van der Waals surface area (Å²) in [6.45, 7) is 4.42. The third-order valence-electron chi connectivity index (χ3n) is 2.45. The largest absolute Gasteiger partial charge is 0.377 e. The van der Waals surface area contributed by atoms with Crippen LogP contribution in [0, 0.1) is 0 Å². The first-order valence-corrected chi connectivity index (χ1v) is 4.29. The van der Waals surface area contributed by atoms with Gasteiger partial charge in [-0.25, -0.2) is 5.32 Å². The fourth-order valence-electron chi connectivity index (χ4n) is 1.97. The van der Waals surface area contributed by atoms with Gasteiger partial charge in [0.25, 0.3) is 0 Å². The van der Waals surface area contributed by atoms with Crippen molar-refractivity contribution in [3.05, 3.63) is 0 Å². The molecule has 2 rings (SSSR count). The lowest BCUT2D eigenvalue weighted by Gasteiger charge is -2.44. The van der Waals surface area contributed by atoms with Gasteiger partial charge < -0.3 is 9.64 Å². The Balaban J connectivity index is 2.13. The van der Waals surface area contributed by atoms with Crippen LogP contribution in [-0.2, 0) is 9.53 Å². The molecule has 67 valence electrons. The molecule has 0 aliphatic carbocycles. The second-order valence-corrected chi connectivity index (χ2v) is 3.36. The van der Waals surface area contributed by atoms with Crippen LogP contribution in [-0.4, -0.2) is 49.2 Å². The predicted molar refractivity (Wildman–Crippen MR) is 42.8 cm³/mol. The van der Waals surface area contributed by atoms with E-state index in [1.54, 1.807) is 6.92 Å². The van der Waals surface area contributed by atoms with Crippen LogP contribution in [0.2, 0.25) is 0 Å². The molecule has 0 saturated carbocycles. The molecule has 2 unspecified atom stereocenters. The predicted octanol–water partition coefficient (Wildman–Crippen LogP) is -0.780. The molecular weight excluding hydrogens is 156 g/mol. The summed E-state index contributed by atoms with van der Waals surface area (Å²) in [6, 6.07) is 0.407. The van der Waals surface area contributed by atoms with Gasteiger partial charge in [0.05, 0.1) is 25.3 Å². The van der Waals surface area contributed by atoms with E-state index in [-0.39, 0.29) is 18.0 Å². The summed E-state index contributed by atoms with van der Waals surface area (Å²) in [5, 5.41) is 4.32. The van der Waals surface area contributed by atoms with Crippen molar-refractivity contribution in [2.75, 3.05) is 26.3 Å². The number of ether oxygens (including phenoxy) is 1. The zero-order chi connectivity index (χ0) is 8.55. The van der Waals surface area contributed by atoms with Crippen LogP contribution >= 0.6 is 0 Å². The summed E-state index contributed by atoms with van der Waals surface area (Å²) in [6.07, 6.45) is 0. The Bertz CT molecular complexity index is 173. The van der Waals surface area contributed by atoms with Crippen LogP contribution in [0.1, 0.15) is 6.92 Å². The molecular formula is C8H13N2O2. The molecule has 0 aromatic carbocycles. The molecule has 12 heavy (non-hydrogen) atoms. The second-order valence-electron chi connectivity index (χ2n) is 3.36. The smallest absolute Gasteiger partial charge is 0.220 e. The van der Waals surface area contributed by atoms with Gasteiger partial charge in [-0.05, 0) is 0 Å². The molecule has 4 nitrogen and oxygen atoms in total. The molecule has 4 heteroatoms. The molecule has 2 heterocycles. The van der Waals surface area contributed by atoms with E-state index in [1.807, 2.05) is 4.90 Å². The highest BCUT2D eigenvalue weighted by Gasteiger charge is 2.36. The Morgan fingerprint density at radius 3 is 2.42 bits per heavy atom. The Morgan fingerprint density at radius 2 is 2.00 bits per heavy atom. The maximum atomic E-state index is 11.2. The van der Waals surface area contributed by atoms with Crippen LogP contribution in [0.3, 0.4) is 0 Å². The summed E-state index contributed by atoms with van der Waals surface area (Å²) < 4.78 is 5.36. The number of rotatable bonds is 0. The van der Waals surface area contributed by atoms with Crippen molar-refractivity contribution in [2.24, 2.45) is 0 Å². The van der Waals surface area contributed by atoms with Gasteiger partial charge in [-0.15, -0.1) is 0 Å². The van der Waals surface area contributed by atoms with Crippen LogP contribution in [0.25, 0.3) is 0 Å². The Kier molecular flexibility index (Phi) is 2.02. The summed E-state index contributed by atoms with van der Waals surface area (Å²) in [4.78, 5) is 13.2. The zero-order valence-electron chi connectivity index (χ0n) is 7.19. The van der Waals surface area contributed by atoms with Gasteiger partial charge in [-0.2, -0.15) is 0 Å². The van der Waals surface area contributed by atoms with Crippen molar-refractivity contribution < 1.29 is 9.53 Å². The van der Waals surface area contributed by atoms with E-state index in [9.17, 15) is 4.79 Å². The van der Waals surface area contributed by atoms with E-state index in [4.69, 9.17) is 4.74 Å². The molecule has 2 aliphatic rings. The Hall–Kier alpha value is -0.610. The maximum Gasteiger partial charge on any atom is 0.220 e. The molecule has 2 saturated heterocycles. The fraction of sp³-hybridized carbons (Fsp3) is 0.875. The summed E-state index contributed by atoms with van der Waals surface area (Å²) >= 11 is 0. The molecule has 0 spiro atoms. The Labute approximate surface area is 71.9 Å². The van der Waals surface area contributed by atoms with Gasteiger partial charge in [0.15, 0.2) is 0 Å². The molecule has 0 N–H and O–H groups in total. The molecule has 2 atom stereocenters. The minimum atomic E-state index is 0.156. The van der Waals surface area contributed by atoms with Crippen molar-refractivity contribution in [1.29, 1.82) is 0 Å². The van der Waals surface area contributed by atoms with Crippen molar-refractivity contribution in [3.63, 3.8) is 0 Å². The van der Waals surface area contributed by atoms with Gasteiger partial charge in [0.1, 0.15) is 0 Å². The third kappa shape index (κ3) is 1.21. The van der Waals surface area contributed by atoms with Crippen molar-refractivity contribution >= 4 is 5.91 Å². The SMILES string of the molecule is CC(=O)N1C2C[N]CC1COC2. The third-order valence-corrected chi connectivity index (χ3v) is 2.45. The average Bonchev–Trinajstić information content (AvgIpc) is 2.02. The molecule has 1 radical (unpaired) electrons. The monoisotopic (exact) mass is 169 g/mol. The molecule has 0 aromatic rings. The van der Waals surface area contributed by atoms with Crippen LogP contribution in [0.5, 0.6) is 0 Å². The number of amides is 1. The molecule has 1 amide bonds. The van der Waals surface area contributed by atoms with Gasteiger partial charge in [-0.1, -0.05) is 0 Å². The number of nitrogens with zero attached hydrogens (tertiary/aromatic N) is 2. The van der Waals surface area contributed by atoms with Gasteiger partial charge >= 0.3 is 0 Å². The minimum absolute atomic E-state index is 0.156. The van der Waals surface area contributed by atoms with E-state index in [1.165, 1.54) is 0 Å². The first-order chi connectivity index (χ1) is 5.79. The highest BCUT2D eigenvalue weighted by molar-refractivity contribution is 5.74. The number of carbonyl (C=O) groups excluding carboxylic acids is 1. The number of carbonyl (C=O) groups is 1. The molecule has 2 aliphatic heterocycles. The first kappa shape index (κ1) is 8.01. The number of morpholine rings is 1. The van der Waals surface area contributed by atoms with E-state index in [0.29, 0.717) is 13.2 Å². The van der Waals surface area contributed by atoms with Crippen LogP contribution < -0.4 is 5.32 Å². The summed E-state index contributed by atoms with van der Waals surface area (Å²) in [5.41, 5.74) is 0. The van der Waals surface area contributed by atoms with Gasteiger partial charge in [-0.3, -0.25) is 4.79 Å². The Morgan fingerprint density at radius 1 is 1.42 bits per heavy atom. The highest BCUT2D eigenvalue weighted by Crippen LogP contribution is 2.16. The number of fused-ring (bicyclic) bond motifs is 2. The number of hydrogen-bond donors (Lipinski definition) is 0. The van der Waals surface area contributed by atoms with Crippen LogP contribution in [0.15, 0.2) is 0 Å². The normalized spacial score (nSPS) is 34.9. The average molecular weight is 169 g/mol. The van der Waals surface area contributed by atoms with Gasteiger partial charge in [0.2, 0.25) is 5.91 Å². The fourth-order valence-corrected chi connectivity index (χ4v) is 1.97. The van der Waals surface area contributed by atoms with E-state index >= 15 is 0 Å². The molecule has 2 fully saturated rings. The van der Waals surface area contributed by atoms with E-state index < -0.39 is 0 Å². The quantitative estimate of drug-likeness (QED) is 0.477. The molecule has 2 bridgehead atoms. The van der Waals surface area contributed by atoms with Crippen molar-refractivity contribution in [3.8, 4) is 0 Å². The lowest BCUT2D eigenvalue weighted by Crippen LogP contribution is -2.63. The van der Waals surface area contributed by atoms with Crippen LogP contribution in [0.4, 0.5) is 0 Å². The van der Waals surface area contributed by atoms with Crippen molar-refractivity contribution in [1.82, 2.24) is 10.2 Å². The zero-order valence-corrected chi connectivity index (χ0v) is 7.19. The topological polar surface area (TPSA) is 43.6 Å². The lowest BCUT2D eigenvalue weighted by molar-refractivity contribution is -0.146. The van der Waals surface area contributed by atoms with E-state index in [2.05, 4.69) is 5.32 Å². The summed E-state index contributed by atoms with van der Waals surface area (Å²) in [7, 11) is 0. The molecule has 0 aromatic heterocycles. The van der Waals surface area contributed by atoms with E-state index in [0.717, 1.165) is 13.1 Å². The minimum Gasteiger partial charge on any atom is -0.377 e. The lowest BCUT2D eigenvalue weighted by atomic mass is 10.1. The number of hydrogen-bond acceptors (Lipinski definition) is 2. The van der Waals surface area contributed by atoms with Crippen molar-refractivity contribution in [2.45, 2.75) is 19.0 Å². The highest BCUT2D eigenvalue weighted by atomic mass is 16.5. The first-order valence-electron chi connectivity index (χ1n) is 4.29. The maximum absolute atomic E-state index is 11.2.